The minimum Gasteiger partial charge on any atom is -0.497 e. The fourth-order valence-electron chi connectivity index (χ4n) is 1.23. The molecule has 0 radical (unpaired) electrons. The number of rotatable bonds is 4. The average molecular weight is 287 g/mol. The number of hydrogen-bond donors (Lipinski definition) is 0. The van der Waals surface area contributed by atoms with E-state index in [9.17, 15) is 10.1 Å². The molecule has 0 saturated heterocycles. The summed E-state index contributed by atoms with van der Waals surface area (Å²) in [7, 11) is 1.46. The van der Waals surface area contributed by atoms with Crippen molar-refractivity contribution in [1.29, 1.82) is 0 Å². The van der Waals surface area contributed by atoms with E-state index < -0.39 is 4.92 Å². The second-order valence-corrected chi connectivity index (χ2v) is 4.34. The van der Waals surface area contributed by atoms with Gasteiger partial charge in [-0.25, -0.2) is 0 Å². The molecule has 0 fully saturated rings. The van der Waals surface area contributed by atoms with Gasteiger partial charge in [-0.1, -0.05) is 22.9 Å². The molecule has 0 amide bonds. The van der Waals surface area contributed by atoms with Gasteiger partial charge in [-0.05, 0) is 6.07 Å². The van der Waals surface area contributed by atoms with Gasteiger partial charge in [-0.15, -0.1) is 0 Å². The summed E-state index contributed by atoms with van der Waals surface area (Å²) >= 11 is 6.80. The summed E-state index contributed by atoms with van der Waals surface area (Å²) in [6, 6.07) is 4.22. The van der Waals surface area contributed by atoms with E-state index in [2.05, 4.69) is 4.98 Å². The van der Waals surface area contributed by atoms with Crippen molar-refractivity contribution in [3.63, 3.8) is 0 Å². The molecule has 8 heteroatoms. The third-order valence-corrected chi connectivity index (χ3v) is 3.06. The molecule has 0 bridgehead atoms. The molecule has 2 rings (SSSR count). The summed E-state index contributed by atoms with van der Waals surface area (Å²) in [6.07, 6.45) is 0. The van der Waals surface area contributed by atoms with Crippen molar-refractivity contribution in [2.24, 2.45) is 0 Å². The second kappa shape index (κ2) is 5.19. The lowest BCUT2D eigenvalue weighted by atomic mass is 10.3. The largest absolute Gasteiger partial charge is 0.497 e. The van der Waals surface area contributed by atoms with Gasteiger partial charge in [-0.3, -0.25) is 10.1 Å². The van der Waals surface area contributed by atoms with Crippen LogP contribution >= 0.6 is 22.9 Å². The molecule has 0 unspecified atom stereocenters. The van der Waals surface area contributed by atoms with Crippen molar-refractivity contribution in [3.05, 3.63) is 38.8 Å². The maximum atomic E-state index is 10.9. The number of halogens is 1. The van der Waals surface area contributed by atoms with Crippen LogP contribution in [0, 0.1) is 10.1 Å². The van der Waals surface area contributed by atoms with Crippen LogP contribution in [0.3, 0.4) is 0 Å². The van der Waals surface area contributed by atoms with E-state index in [1.807, 2.05) is 0 Å². The Kier molecular flexibility index (Phi) is 3.63. The van der Waals surface area contributed by atoms with Crippen molar-refractivity contribution in [2.45, 2.75) is 0 Å². The molecule has 1 heterocycles. The standard InChI is InChI=1S/C10H7ClN2O4S/c1-16-6-2-3-7(13(14)15)8(4-6)17-10-12-9(11)5-18-10/h2-5H,1H3. The molecule has 1 aromatic carbocycles. The van der Waals surface area contributed by atoms with Gasteiger partial charge < -0.3 is 9.47 Å². The van der Waals surface area contributed by atoms with Crippen LogP contribution in [0.15, 0.2) is 23.6 Å². The summed E-state index contributed by atoms with van der Waals surface area (Å²) in [5.41, 5.74) is -0.165. The Morgan fingerprint density at radius 2 is 2.28 bits per heavy atom. The summed E-state index contributed by atoms with van der Waals surface area (Å²) in [5, 5.41) is 12.9. The van der Waals surface area contributed by atoms with Crippen LogP contribution in [0.5, 0.6) is 16.7 Å². The fraction of sp³-hybridized carbons (Fsp3) is 0.100. The quantitative estimate of drug-likeness (QED) is 0.635. The minimum atomic E-state index is -0.538. The lowest BCUT2D eigenvalue weighted by Gasteiger charge is -2.05. The maximum Gasteiger partial charge on any atom is 0.311 e. The second-order valence-electron chi connectivity index (χ2n) is 3.13. The molecule has 6 nitrogen and oxygen atoms in total. The van der Waals surface area contributed by atoms with Crippen LogP contribution in [0.25, 0.3) is 0 Å². The normalized spacial score (nSPS) is 10.1. The Bertz CT molecular complexity index is 587. The highest BCUT2D eigenvalue weighted by Gasteiger charge is 2.18. The van der Waals surface area contributed by atoms with Gasteiger partial charge in [0, 0.05) is 17.5 Å². The maximum absolute atomic E-state index is 10.9. The predicted molar refractivity (Wildman–Crippen MR) is 66.8 cm³/mol. The first-order chi connectivity index (χ1) is 8.60. The number of methoxy groups -OCH3 is 1. The average Bonchev–Trinajstić information content (AvgIpc) is 2.74. The number of nitrogens with zero attached hydrogens (tertiary/aromatic N) is 2. The summed E-state index contributed by atoms with van der Waals surface area (Å²) in [4.78, 5) is 14.2. The van der Waals surface area contributed by atoms with Crippen molar-refractivity contribution in [2.75, 3.05) is 7.11 Å². The van der Waals surface area contributed by atoms with E-state index in [4.69, 9.17) is 21.1 Å². The Morgan fingerprint density at radius 3 is 2.83 bits per heavy atom. The van der Waals surface area contributed by atoms with E-state index in [0.29, 0.717) is 5.75 Å². The highest BCUT2D eigenvalue weighted by atomic mass is 35.5. The van der Waals surface area contributed by atoms with Crippen LogP contribution in [0.2, 0.25) is 5.15 Å². The number of nitro benzene ring substituents is 1. The van der Waals surface area contributed by atoms with Gasteiger partial charge in [0.1, 0.15) is 10.9 Å². The van der Waals surface area contributed by atoms with Gasteiger partial charge in [0.05, 0.1) is 12.0 Å². The molecule has 2 aromatic rings. The Hall–Kier alpha value is -1.86. The van der Waals surface area contributed by atoms with Crippen molar-refractivity contribution in [3.8, 4) is 16.7 Å². The molecule has 0 aliphatic heterocycles. The Morgan fingerprint density at radius 1 is 1.50 bits per heavy atom. The zero-order chi connectivity index (χ0) is 13.1. The fourth-order valence-corrected chi connectivity index (χ4v) is 2.03. The first-order valence-corrected chi connectivity index (χ1v) is 5.97. The zero-order valence-corrected chi connectivity index (χ0v) is 10.7. The first kappa shape index (κ1) is 12.6. The summed E-state index contributed by atoms with van der Waals surface area (Å²) < 4.78 is 10.3. The topological polar surface area (TPSA) is 74.5 Å². The highest BCUT2D eigenvalue weighted by Crippen LogP contribution is 2.36. The molecule has 0 atom stereocenters. The van der Waals surface area contributed by atoms with Gasteiger partial charge >= 0.3 is 5.69 Å². The van der Waals surface area contributed by atoms with E-state index in [1.54, 1.807) is 5.38 Å². The zero-order valence-electron chi connectivity index (χ0n) is 9.12. The predicted octanol–water partition coefficient (Wildman–Crippen LogP) is 3.51. The lowest BCUT2D eigenvalue weighted by Crippen LogP contribution is -1.94. The number of nitro groups is 1. The van der Waals surface area contributed by atoms with Crippen LogP contribution in [0.4, 0.5) is 5.69 Å². The van der Waals surface area contributed by atoms with E-state index in [1.165, 1.54) is 25.3 Å². The third-order valence-electron chi connectivity index (χ3n) is 2.02. The van der Waals surface area contributed by atoms with Crippen molar-refractivity contribution in [1.82, 2.24) is 4.98 Å². The number of ether oxygens (including phenoxy) is 2. The molecular weight excluding hydrogens is 280 g/mol. The summed E-state index contributed by atoms with van der Waals surface area (Å²) in [5.74, 6) is 0.517. The monoisotopic (exact) mass is 286 g/mol. The molecule has 0 saturated carbocycles. The minimum absolute atomic E-state index is 0.0605. The number of benzene rings is 1. The molecular formula is C10H7ClN2O4S. The summed E-state index contributed by atoms with van der Waals surface area (Å²) in [6.45, 7) is 0. The smallest absolute Gasteiger partial charge is 0.311 e. The van der Waals surface area contributed by atoms with Crippen molar-refractivity contribution >= 4 is 28.6 Å². The SMILES string of the molecule is COc1ccc([N+](=O)[O-])c(Oc2nc(Cl)cs2)c1. The molecule has 0 N–H and O–H groups in total. The first-order valence-electron chi connectivity index (χ1n) is 4.71. The van der Waals surface area contributed by atoms with E-state index in [0.717, 1.165) is 11.3 Å². The van der Waals surface area contributed by atoms with Crippen LogP contribution in [-0.4, -0.2) is 17.0 Å². The Labute approximate surface area is 111 Å². The molecule has 94 valence electrons. The van der Waals surface area contributed by atoms with Crippen LogP contribution in [-0.2, 0) is 0 Å². The third kappa shape index (κ3) is 2.69. The van der Waals surface area contributed by atoms with Crippen LogP contribution in [0.1, 0.15) is 0 Å². The van der Waals surface area contributed by atoms with Crippen LogP contribution < -0.4 is 9.47 Å². The number of aromatic nitrogens is 1. The molecule has 0 aliphatic rings. The molecule has 0 aliphatic carbocycles. The highest BCUT2D eigenvalue weighted by molar-refractivity contribution is 7.11. The number of thiazole rings is 1. The lowest BCUT2D eigenvalue weighted by molar-refractivity contribution is -0.385. The van der Waals surface area contributed by atoms with Gasteiger partial charge in [0.15, 0.2) is 0 Å². The van der Waals surface area contributed by atoms with Gasteiger partial charge in [-0.2, -0.15) is 4.98 Å². The molecule has 18 heavy (non-hydrogen) atoms. The Balaban J connectivity index is 2.37. The van der Waals surface area contributed by atoms with Gasteiger partial charge in [0.2, 0.25) is 5.75 Å². The molecule has 1 aromatic heterocycles. The van der Waals surface area contributed by atoms with E-state index in [-0.39, 0.29) is 21.8 Å². The van der Waals surface area contributed by atoms with Gasteiger partial charge in [0.25, 0.3) is 5.19 Å². The number of hydrogen-bond acceptors (Lipinski definition) is 6. The molecule has 0 spiro atoms. The van der Waals surface area contributed by atoms with Crippen molar-refractivity contribution < 1.29 is 14.4 Å². The van der Waals surface area contributed by atoms with E-state index >= 15 is 0 Å².